The van der Waals surface area contributed by atoms with Crippen molar-refractivity contribution < 1.29 is 52.1 Å². The van der Waals surface area contributed by atoms with Gasteiger partial charge in [0.1, 0.15) is 48.8 Å². The van der Waals surface area contributed by atoms with E-state index in [1.807, 2.05) is 137 Å². The summed E-state index contributed by atoms with van der Waals surface area (Å²) in [6.07, 6.45) is -4.51. The second-order valence-corrected chi connectivity index (χ2v) is 15.7. The molecule has 4 saturated heterocycles. The quantitative estimate of drug-likeness (QED) is 0.124. The van der Waals surface area contributed by atoms with Crippen molar-refractivity contribution in [2.75, 3.05) is 13.2 Å². The van der Waals surface area contributed by atoms with Crippen LogP contribution < -0.4 is 0 Å². The lowest BCUT2D eigenvalue weighted by molar-refractivity contribution is -0.337. The fraction of sp³-hybridized carbons (Fsp3) is 0.489. The maximum Gasteiger partial charge on any atom is 0.190 e. The van der Waals surface area contributed by atoms with Gasteiger partial charge in [0.05, 0.1) is 45.3 Å². The van der Waals surface area contributed by atoms with Gasteiger partial charge in [-0.15, -0.1) is 0 Å². The molecule has 3 aromatic carbocycles. The van der Waals surface area contributed by atoms with Gasteiger partial charge >= 0.3 is 0 Å². The summed E-state index contributed by atoms with van der Waals surface area (Å²) in [6.45, 7) is 8.96. The van der Waals surface area contributed by atoms with Crippen molar-refractivity contribution in [3.63, 3.8) is 0 Å². The van der Waals surface area contributed by atoms with E-state index in [-0.39, 0.29) is 19.8 Å². The van der Waals surface area contributed by atoms with Gasteiger partial charge in [-0.2, -0.15) is 0 Å². The van der Waals surface area contributed by atoms with E-state index in [0.29, 0.717) is 19.8 Å². The third-order valence-electron chi connectivity index (χ3n) is 10.4. The number of rotatable bonds is 16. The van der Waals surface area contributed by atoms with E-state index >= 15 is 0 Å². The Morgan fingerprint density at radius 1 is 0.491 bits per heavy atom. The normalized spacial score (nSPS) is 31.4. The van der Waals surface area contributed by atoms with Crippen LogP contribution in [-0.4, -0.2) is 91.2 Å². The number of pyridine rings is 1. The molecule has 4 aliphatic heterocycles. The molecule has 4 fully saturated rings. The van der Waals surface area contributed by atoms with Crippen LogP contribution in [0.5, 0.6) is 0 Å². The van der Waals surface area contributed by atoms with Crippen molar-refractivity contribution in [2.45, 2.75) is 127 Å². The first-order valence-corrected chi connectivity index (χ1v) is 19.8. The van der Waals surface area contributed by atoms with Gasteiger partial charge in [-0.3, -0.25) is 4.98 Å². The summed E-state index contributed by atoms with van der Waals surface area (Å²) in [4.78, 5) is 4.52. The lowest BCUT2D eigenvalue weighted by atomic mass is 9.97. The minimum atomic E-state index is -0.941. The number of aromatic nitrogens is 1. The van der Waals surface area contributed by atoms with Gasteiger partial charge in [-0.25, -0.2) is 0 Å². The number of hydrogen-bond donors (Lipinski definition) is 0. The minimum Gasteiger partial charge on any atom is -0.374 e. The van der Waals surface area contributed by atoms with Crippen molar-refractivity contribution in [1.29, 1.82) is 0 Å². The summed E-state index contributed by atoms with van der Waals surface area (Å²) in [7, 11) is 0. The highest BCUT2D eigenvalue weighted by Crippen LogP contribution is 2.44. The van der Waals surface area contributed by atoms with Crippen molar-refractivity contribution in [3.8, 4) is 0 Å². The Kier molecular flexibility index (Phi) is 12.8. The second kappa shape index (κ2) is 18.1. The zero-order chi connectivity index (χ0) is 39.2. The molecule has 6 unspecified atom stereocenters. The Labute approximate surface area is 334 Å². The highest BCUT2D eigenvalue weighted by molar-refractivity contribution is 5.16. The first kappa shape index (κ1) is 40.2. The standard InChI is InChI=1S/C45H53NO11/c1-44(2)54-37-35(53-43-41(39(37)55-44)56-45(3,4)57-43)29-51-42-40(50-27-33-22-14-15-23-46-33)38(49-26-32-20-12-7-13-21-32)36(48-25-31-18-10-6-11-19-31)34(52-42)28-47-24-30-16-8-5-9-17-30/h5-23,34-43H,24-29H2,1-4H3/t34?,35?,36-,37+,38?,39?,40?,41?,42-,43-/m1/s1. The van der Waals surface area contributed by atoms with Crippen molar-refractivity contribution in [3.05, 3.63) is 138 Å². The van der Waals surface area contributed by atoms with Crippen LogP contribution in [-0.2, 0) is 78.5 Å². The van der Waals surface area contributed by atoms with E-state index in [9.17, 15) is 0 Å². The van der Waals surface area contributed by atoms with Gasteiger partial charge < -0.3 is 52.1 Å². The average molecular weight is 784 g/mol. The molecule has 304 valence electrons. The lowest BCUT2D eigenvalue weighted by Crippen LogP contribution is -2.62. The van der Waals surface area contributed by atoms with Gasteiger partial charge in [0, 0.05) is 6.20 Å². The van der Waals surface area contributed by atoms with Crippen LogP contribution >= 0.6 is 0 Å². The van der Waals surface area contributed by atoms with E-state index in [1.165, 1.54) is 0 Å². The number of ether oxygens (including phenoxy) is 11. The minimum absolute atomic E-state index is 0.0697. The highest BCUT2D eigenvalue weighted by atomic mass is 16.9. The van der Waals surface area contributed by atoms with E-state index in [4.69, 9.17) is 52.1 Å². The largest absolute Gasteiger partial charge is 0.374 e. The van der Waals surface area contributed by atoms with Gasteiger partial charge in [0.2, 0.25) is 0 Å². The Morgan fingerprint density at radius 3 is 1.70 bits per heavy atom. The summed E-state index contributed by atoms with van der Waals surface area (Å²) >= 11 is 0. The predicted molar refractivity (Wildman–Crippen MR) is 206 cm³/mol. The van der Waals surface area contributed by atoms with E-state index in [1.54, 1.807) is 6.20 Å². The molecule has 0 radical (unpaired) electrons. The van der Waals surface area contributed by atoms with E-state index in [0.717, 1.165) is 22.4 Å². The molecule has 57 heavy (non-hydrogen) atoms. The monoisotopic (exact) mass is 783 g/mol. The maximum atomic E-state index is 6.89. The fourth-order valence-electron chi connectivity index (χ4n) is 7.80. The molecule has 0 aliphatic carbocycles. The number of fused-ring (bicyclic) bond motifs is 3. The van der Waals surface area contributed by atoms with Crippen LogP contribution in [0, 0.1) is 0 Å². The predicted octanol–water partition coefficient (Wildman–Crippen LogP) is 6.49. The van der Waals surface area contributed by atoms with Crippen LogP contribution in [0.2, 0.25) is 0 Å². The molecule has 10 atom stereocenters. The summed E-state index contributed by atoms with van der Waals surface area (Å²) < 4.78 is 72.1. The Balaban J connectivity index is 1.09. The van der Waals surface area contributed by atoms with Crippen molar-refractivity contribution in [1.82, 2.24) is 4.98 Å². The topological polar surface area (TPSA) is 114 Å². The van der Waals surface area contributed by atoms with Gasteiger partial charge in [0.15, 0.2) is 24.2 Å². The van der Waals surface area contributed by atoms with Crippen LogP contribution in [0.15, 0.2) is 115 Å². The zero-order valence-electron chi connectivity index (χ0n) is 32.9. The molecule has 4 aromatic rings. The first-order valence-electron chi connectivity index (χ1n) is 19.8. The van der Waals surface area contributed by atoms with Gasteiger partial charge in [0.25, 0.3) is 0 Å². The fourth-order valence-corrected chi connectivity index (χ4v) is 7.80. The molecule has 0 bridgehead atoms. The van der Waals surface area contributed by atoms with Gasteiger partial charge in [-0.05, 0) is 56.5 Å². The number of nitrogens with zero attached hydrogens (tertiary/aromatic N) is 1. The molecular formula is C45H53NO11. The summed E-state index contributed by atoms with van der Waals surface area (Å²) in [5, 5.41) is 0. The van der Waals surface area contributed by atoms with Crippen molar-refractivity contribution in [2.24, 2.45) is 0 Å². The second-order valence-electron chi connectivity index (χ2n) is 15.7. The van der Waals surface area contributed by atoms with E-state index in [2.05, 4.69) is 4.98 Å². The van der Waals surface area contributed by atoms with Crippen LogP contribution in [0.1, 0.15) is 50.1 Å². The molecule has 4 aliphatic rings. The average Bonchev–Trinajstić information content (AvgIpc) is 3.73. The first-order chi connectivity index (χ1) is 27.7. The summed E-state index contributed by atoms with van der Waals surface area (Å²) in [5.74, 6) is -1.72. The maximum absolute atomic E-state index is 6.89. The number of hydrogen-bond acceptors (Lipinski definition) is 12. The van der Waals surface area contributed by atoms with Crippen LogP contribution in [0.25, 0.3) is 0 Å². The van der Waals surface area contributed by atoms with Crippen LogP contribution in [0.4, 0.5) is 0 Å². The summed E-state index contributed by atoms with van der Waals surface area (Å²) in [5.41, 5.74) is 3.80. The lowest BCUT2D eigenvalue weighted by Gasteiger charge is -2.46. The molecule has 1 aromatic heterocycles. The Morgan fingerprint density at radius 2 is 1.05 bits per heavy atom. The highest BCUT2D eigenvalue weighted by Gasteiger charge is 2.61. The van der Waals surface area contributed by atoms with Gasteiger partial charge in [-0.1, -0.05) is 97.1 Å². The van der Waals surface area contributed by atoms with Crippen molar-refractivity contribution >= 4 is 0 Å². The molecule has 12 heteroatoms. The molecule has 0 amide bonds. The third-order valence-corrected chi connectivity index (χ3v) is 10.4. The molecule has 5 heterocycles. The zero-order valence-corrected chi connectivity index (χ0v) is 32.9. The number of benzene rings is 3. The molecular weight excluding hydrogens is 730 g/mol. The summed E-state index contributed by atoms with van der Waals surface area (Å²) in [6, 6.07) is 35.8. The third kappa shape index (κ3) is 10.2. The molecule has 0 spiro atoms. The van der Waals surface area contributed by atoms with E-state index < -0.39 is 73.0 Å². The van der Waals surface area contributed by atoms with Crippen LogP contribution in [0.3, 0.4) is 0 Å². The Hall–Kier alpha value is -3.63. The molecule has 0 saturated carbocycles. The SMILES string of the molecule is CC1(C)OC2C3OC(C)(C)O[C@H]3C(CO[C@@H]3OC(COCc4ccccc4)[C@@H](OCc4ccccc4)C(OCc4ccccc4)C3OCc3ccccn3)O[C@@H]2O1. The molecule has 0 N–H and O–H groups in total. The molecule has 8 rings (SSSR count). The Bertz CT molecular complexity index is 1820. The smallest absolute Gasteiger partial charge is 0.190 e. The molecule has 12 nitrogen and oxygen atoms in total.